The van der Waals surface area contributed by atoms with Gasteiger partial charge < -0.3 is 9.64 Å². The van der Waals surface area contributed by atoms with Gasteiger partial charge in [-0.15, -0.1) is 0 Å². The highest BCUT2D eigenvalue weighted by Crippen LogP contribution is 2.33. The fourth-order valence-corrected chi connectivity index (χ4v) is 6.25. The van der Waals surface area contributed by atoms with Gasteiger partial charge in [-0.2, -0.15) is 0 Å². The van der Waals surface area contributed by atoms with Gasteiger partial charge in [0, 0.05) is 13.1 Å². The number of nitrogens with zero attached hydrogens (tertiary/aromatic N) is 3. The number of aryl methyl sites for hydroxylation is 2. The Balaban J connectivity index is 1.73. The van der Waals surface area contributed by atoms with Gasteiger partial charge in [0.05, 0.1) is 28.5 Å². The van der Waals surface area contributed by atoms with Crippen molar-refractivity contribution in [1.82, 2.24) is 9.97 Å². The number of carbonyl (C=O) groups excluding carboxylic acids is 1. The maximum atomic E-state index is 13.7. The van der Waals surface area contributed by atoms with Crippen molar-refractivity contribution in [2.75, 3.05) is 29.3 Å². The monoisotopic (exact) mass is 496 g/mol. The molecule has 8 nitrogen and oxygen atoms in total. The predicted octanol–water partition coefficient (Wildman–Crippen LogP) is 4.44. The highest BCUT2D eigenvalue weighted by Gasteiger charge is 2.30. The van der Waals surface area contributed by atoms with Crippen molar-refractivity contribution in [3.8, 4) is 0 Å². The van der Waals surface area contributed by atoms with Crippen molar-refractivity contribution in [3.63, 3.8) is 0 Å². The number of aromatic nitrogens is 2. The molecule has 35 heavy (non-hydrogen) atoms. The van der Waals surface area contributed by atoms with Crippen molar-refractivity contribution >= 4 is 38.7 Å². The molecule has 0 aliphatic carbocycles. The van der Waals surface area contributed by atoms with E-state index in [4.69, 9.17) is 9.72 Å². The largest absolute Gasteiger partial charge is 0.466 e. The highest BCUT2D eigenvalue weighted by molar-refractivity contribution is 7.92. The van der Waals surface area contributed by atoms with E-state index in [0.29, 0.717) is 60.5 Å². The molecule has 2 heterocycles. The van der Waals surface area contributed by atoms with Crippen LogP contribution >= 0.6 is 0 Å². The molecule has 0 saturated carbocycles. The number of piperidine rings is 1. The van der Waals surface area contributed by atoms with E-state index in [-0.39, 0.29) is 22.6 Å². The second-order valence-electron chi connectivity index (χ2n) is 9.09. The fourth-order valence-electron chi connectivity index (χ4n) is 4.63. The van der Waals surface area contributed by atoms with Crippen molar-refractivity contribution in [2.45, 2.75) is 52.4 Å². The minimum atomic E-state index is -3.93. The van der Waals surface area contributed by atoms with E-state index in [1.54, 1.807) is 6.92 Å². The summed E-state index contributed by atoms with van der Waals surface area (Å²) in [6, 6.07) is 9.38. The number of sulfonamides is 1. The number of fused-ring (bicyclic) bond motifs is 1. The van der Waals surface area contributed by atoms with Gasteiger partial charge in [0.2, 0.25) is 0 Å². The third-order valence-electron chi connectivity index (χ3n) is 6.76. The second kappa shape index (κ2) is 9.81. The number of benzene rings is 2. The van der Waals surface area contributed by atoms with Crippen molar-refractivity contribution in [3.05, 3.63) is 52.6 Å². The molecule has 1 N–H and O–H groups in total. The Hall–Kier alpha value is -3.20. The van der Waals surface area contributed by atoms with Gasteiger partial charge in [0.1, 0.15) is 0 Å². The molecule has 0 atom stereocenters. The van der Waals surface area contributed by atoms with E-state index in [2.05, 4.69) is 9.71 Å². The summed E-state index contributed by atoms with van der Waals surface area (Å²) in [6.45, 7) is 10.7. The van der Waals surface area contributed by atoms with E-state index in [1.807, 2.05) is 62.9 Å². The lowest BCUT2D eigenvalue weighted by Gasteiger charge is -2.32. The zero-order valence-corrected chi connectivity index (χ0v) is 21.7. The molecule has 4 rings (SSSR count). The number of hydrogen-bond acceptors (Lipinski definition) is 7. The molecule has 9 heteroatoms. The van der Waals surface area contributed by atoms with Crippen LogP contribution in [0.1, 0.15) is 42.0 Å². The Bertz CT molecular complexity index is 1350. The molecule has 0 bridgehead atoms. The number of nitrogens with one attached hydrogen (secondary N) is 1. The Morgan fingerprint density at radius 2 is 1.60 bits per heavy atom. The zero-order valence-electron chi connectivity index (χ0n) is 20.9. The van der Waals surface area contributed by atoms with Crippen LogP contribution in [0.3, 0.4) is 0 Å². The van der Waals surface area contributed by atoms with Crippen LogP contribution in [0.5, 0.6) is 0 Å². The van der Waals surface area contributed by atoms with Crippen molar-refractivity contribution in [1.29, 1.82) is 0 Å². The number of ether oxygens (including phenoxy) is 1. The predicted molar refractivity (Wildman–Crippen MR) is 137 cm³/mol. The van der Waals surface area contributed by atoms with Gasteiger partial charge in [-0.3, -0.25) is 9.52 Å². The fraction of sp³-hybridized carbons (Fsp3) is 0.423. The van der Waals surface area contributed by atoms with Crippen molar-refractivity contribution < 1.29 is 17.9 Å². The summed E-state index contributed by atoms with van der Waals surface area (Å²) in [5.41, 5.74) is 4.54. The second-order valence-corrected chi connectivity index (χ2v) is 10.7. The average Bonchev–Trinajstić information content (AvgIpc) is 2.82. The first-order chi connectivity index (χ1) is 16.6. The van der Waals surface area contributed by atoms with E-state index in [9.17, 15) is 13.2 Å². The first-order valence-electron chi connectivity index (χ1n) is 11.9. The minimum absolute atomic E-state index is 0.166. The Kier molecular flexibility index (Phi) is 6.98. The number of carbonyl (C=O) groups is 1. The van der Waals surface area contributed by atoms with Crippen LogP contribution in [0.2, 0.25) is 0 Å². The first kappa shape index (κ1) is 24.9. The lowest BCUT2D eigenvalue weighted by atomic mass is 9.97. The number of rotatable bonds is 6. The van der Waals surface area contributed by atoms with Crippen LogP contribution in [-0.4, -0.2) is 44.1 Å². The number of para-hydroxylation sites is 2. The minimum Gasteiger partial charge on any atom is -0.466 e. The summed E-state index contributed by atoms with van der Waals surface area (Å²) in [7, 11) is -3.93. The summed E-state index contributed by atoms with van der Waals surface area (Å²) in [5.74, 6) is 0.310. The molecular weight excluding hydrogens is 464 g/mol. The van der Waals surface area contributed by atoms with E-state index in [1.165, 1.54) is 0 Å². The molecule has 2 aromatic carbocycles. The summed E-state index contributed by atoms with van der Waals surface area (Å²) >= 11 is 0. The van der Waals surface area contributed by atoms with E-state index < -0.39 is 10.0 Å². The Morgan fingerprint density at radius 3 is 2.17 bits per heavy atom. The Labute approximate surface area is 206 Å². The van der Waals surface area contributed by atoms with Crippen LogP contribution in [0, 0.1) is 33.6 Å². The van der Waals surface area contributed by atoms with Crippen LogP contribution in [0.4, 0.5) is 11.6 Å². The molecule has 186 valence electrons. The van der Waals surface area contributed by atoms with Gasteiger partial charge in [-0.1, -0.05) is 18.2 Å². The highest BCUT2D eigenvalue weighted by atomic mass is 32.2. The number of anilines is 2. The molecular formula is C26H32N4O4S. The molecule has 1 aliphatic heterocycles. The Morgan fingerprint density at radius 1 is 1.03 bits per heavy atom. The SMILES string of the molecule is CCOC(=O)C1CCN(c2nc3ccccc3nc2NS(=O)(=O)c2c(C)c(C)cc(C)c2C)CC1. The summed E-state index contributed by atoms with van der Waals surface area (Å²) in [5, 5.41) is 0. The van der Waals surface area contributed by atoms with E-state index in [0.717, 1.165) is 11.1 Å². The molecule has 0 radical (unpaired) electrons. The molecule has 0 spiro atoms. The van der Waals surface area contributed by atoms with Crippen molar-refractivity contribution in [2.24, 2.45) is 5.92 Å². The van der Waals surface area contributed by atoms with Gasteiger partial charge >= 0.3 is 5.97 Å². The normalized spacial score (nSPS) is 14.8. The lowest BCUT2D eigenvalue weighted by molar-refractivity contribution is -0.148. The molecule has 1 saturated heterocycles. The van der Waals surface area contributed by atoms with Gasteiger partial charge in [-0.05, 0) is 81.8 Å². The number of esters is 1. The topological polar surface area (TPSA) is 101 Å². The van der Waals surface area contributed by atoms with Gasteiger partial charge in [0.25, 0.3) is 10.0 Å². The third kappa shape index (κ3) is 4.96. The molecule has 0 amide bonds. The lowest BCUT2D eigenvalue weighted by Crippen LogP contribution is -2.38. The average molecular weight is 497 g/mol. The van der Waals surface area contributed by atoms with Crippen LogP contribution in [0.15, 0.2) is 35.2 Å². The summed E-state index contributed by atoms with van der Waals surface area (Å²) in [4.78, 5) is 23.9. The zero-order chi connectivity index (χ0) is 25.3. The standard InChI is InChI=1S/C26H32N4O4S/c1-6-34-26(31)20-11-13-30(14-12-20)25-24(27-21-9-7-8-10-22(21)28-25)29-35(32,33)23-18(4)16(2)15-17(3)19(23)5/h7-10,15,20H,6,11-14H2,1-5H3,(H,27,29). The van der Waals surface area contributed by atoms with Gasteiger partial charge in [0.15, 0.2) is 11.6 Å². The van der Waals surface area contributed by atoms with Crippen LogP contribution in [0.25, 0.3) is 11.0 Å². The third-order valence-corrected chi connectivity index (χ3v) is 8.38. The van der Waals surface area contributed by atoms with Crippen LogP contribution in [-0.2, 0) is 19.6 Å². The van der Waals surface area contributed by atoms with Crippen LogP contribution < -0.4 is 9.62 Å². The summed E-state index contributed by atoms with van der Waals surface area (Å²) in [6.07, 6.45) is 1.21. The first-order valence-corrected chi connectivity index (χ1v) is 13.4. The maximum absolute atomic E-state index is 13.7. The van der Waals surface area contributed by atoms with E-state index >= 15 is 0 Å². The number of hydrogen-bond donors (Lipinski definition) is 1. The summed E-state index contributed by atoms with van der Waals surface area (Å²) < 4.78 is 35.3. The molecule has 0 unspecified atom stereocenters. The molecule has 1 fully saturated rings. The molecule has 3 aromatic rings. The maximum Gasteiger partial charge on any atom is 0.309 e. The molecule has 1 aromatic heterocycles. The smallest absolute Gasteiger partial charge is 0.309 e. The van der Waals surface area contributed by atoms with Gasteiger partial charge in [-0.25, -0.2) is 18.4 Å². The quantitative estimate of drug-likeness (QED) is 0.503. The molecule has 1 aliphatic rings.